The highest BCUT2D eigenvalue weighted by Gasteiger charge is 2.31. The number of likely N-dealkylation sites (tertiary alicyclic amines) is 1. The number of nitrogens with zero attached hydrogens (tertiary/aromatic N) is 1. The Morgan fingerprint density at radius 2 is 2.22 bits per heavy atom. The molecule has 2 aliphatic rings. The number of hydrogen-bond acceptors (Lipinski definition) is 3. The van der Waals surface area contributed by atoms with Crippen LogP contribution in [0.15, 0.2) is 18.2 Å². The van der Waals surface area contributed by atoms with Crippen LogP contribution in [0.3, 0.4) is 0 Å². The first kappa shape index (κ1) is 12.0. The van der Waals surface area contributed by atoms with Crippen LogP contribution in [0, 0.1) is 0 Å². The van der Waals surface area contributed by atoms with Gasteiger partial charge in [0, 0.05) is 26.2 Å². The number of ether oxygens (including phenoxy) is 1. The Morgan fingerprint density at radius 3 is 3.00 bits per heavy atom. The van der Waals surface area contributed by atoms with Gasteiger partial charge in [-0.3, -0.25) is 4.90 Å². The molecule has 2 atom stereocenters. The molecular weight excluding hydrogens is 226 g/mol. The summed E-state index contributed by atoms with van der Waals surface area (Å²) in [7, 11) is 1.81. The third-order valence-electron chi connectivity index (χ3n) is 4.36. The molecule has 1 fully saturated rings. The number of aromatic hydroxyl groups is 1. The second-order valence-corrected chi connectivity index (χ2v) is 5.43. The first-order valence-electron chi connectivity index (χ1n) is 6.86. The van der Waals surface area contributed by atoms with Crippen molar-refractivity contribution < 1.29 is 9.84 Å². The van der Waals surface area contributed by atoms with Crippen LogP contribution in [0.25, 0.3) is 0 Å². The van der Waals surface area contributed by atoms with Gasteiger partial charge in [0.2, 0.25) is 0 Å². The lowest BCUT2D eigenvalue weighted by Gasteiger charge is -2.33. The molecule has 0 aromatic heterocycles. The number of benzene rings is 1. The number of aryl methyl sites for hydroxylation is 1. The molecule has 18 heavy (non-hydrogen) atoms. The van der Waals surface area contributed by atoms with Crippen LogP contribution in [0.4, 0.5) is 0 Å². The van der Waals surface area contributed by atoms with Gasteiger partial charge in [0.05, 0.1) is 6.10 Å². The summed E-state index contributed by atoms with van der Waals surface area (Å²) >= 11 is 0. The number of phenolic OH excluding ortho intramolecular Hbond substituents is 1. The van der Waals surface area contributed by atoms with E-state index < -0.39 is 0 Å². The minimum atomic E-state index is 0.394. The van der Waals surface area contributed by atoms with Gasteiger partial charge in [-0.2, -0.15) is 0 Å². The SMILES string of the molecule is COC1CCN(C2CCCc3cc(O)ccc32)C1. The van der Waals surface area contributed by atoms with E-state index in [9.17, 15) is 5.11 Å². The maximum atomic E-state index is 9.59. The van der Waals surface area contributed by atoms with Crippen LogP contribution >= 0.6 is 0 Å². The van der Waals surface area contributed by atoms with Crippen molar-refractivity contribution >= 4 is 0 Å². The normalized spacial score (nSPS) is 28.3. The summed E-state index contributed by atoms with van der Waals surface area (Å²) in [6.45, 7) is 2.17. The second-order valence-electron chi connectivity index (χ2n) is 5.43. The maximum Gasteiger partial charge on any atom is 0.115 e. The molecule has 1 aliphatic carbocycles. The van der Waals surface area contributed by atoms with Gasteiger partial charge in [-0.1, -0.05) is 6.07 Å². The van der Waals surface area contributed by atoms with Crippen molar-refractivity contribution in [3.05, 3.63) is 29.3 Å². The smallest absolute Gasteiger partial charge is 0.115 e. The molecule has 3 nitrogen and oxygen atoms in total. The Bertz CT molecular complexity index is 433. The van der Waals surface area contributed by atoms with E-state index in [1.165, 1.54) is 24.0 Å². The fourth-order valence-corrected chi connectivity index (χ4v) is 3.38. The summed E-state index contributed by atoms with van der Waals surface area (Å²) in [5.41, 5.74) is 2.74. The summed E-state index contributed by atoms with van der Waals surface area (Å²) in [5.74, 6) is 0.394. The molecule has 1 N–H and O–H groups in total. The molecule has 3 heteroatoms. The molecule has 98 valence electrons. The van der Waals surface area contributed by atoms with Gasteiger partial charge in [-0.15, -0.1) is 0 Å². The van der Waals surface area contributed by atoms with E-state index in [0.29, 0.717) is 17.9 Å². The van der Waals surface area contributed by atoms with Gasteiger partial charge < -0.3 is 9.84 Å². The Kier molecular flexibility index (Phi) is 3.27. The lowest BCUT2D eigenvalue weighted by atomic mass is 9.87. The van der Waals surface area contributed by atoms with Gasteiger partial charge in [0.15, 0.2) is 0 Å². The van der Waals surface area contributed by atoms with Crippen molar-refractivity contribution in [3.63, 3.8) is 0 Å². The third-order valence-corrected chi connectivity index (χ3v) is 4.36. The summed E-state index contributed by atoms with van der Waals surface area (Å²) in [4.78, 5) is 2.54. The van der Waals surface area contributed by atoms with Gasteiger partial charge in [0.25, 0.3) is 0 Å². The molecule has 1 aliphatic heterocycles. The van der Waals surface area contributed by atoms with Gasteiger partial charge in [-0.25, -0.2) is 0 Å². The van der Waals surface area contributed by atoms with Crippen LogP contribution in [0.5, 0.6) is 5.75 Å². The number of hydrogen-bond donors (Lipinski definition) is 1. The molecule has 0 bridgehead atoms. The van der Waals surface area contributed by atoms with Gasteiger partial charge >= 0.3 is 0 Å². The lowest BCUT2D eigenvalue weighted by molar-refractivity contribution is 0.0985. The molecule has 0 radical (unpaired) electrons. The quantitative estimate of drug-likeness (QED) is 0.871. The molecule has 1 aromatic rings. The van der Waals surface area contributed by atoms with E-state index >= 15 is 0 Å². The van der Waals surface area contributed by atoms with Crippen LogP contribution in [-0.4, -0.2) is 36.3 Å². The Balaban J connectivity index is 1.83. The molecular formula is C15H21NO2. The molecule has 0 amide bonds. The molecule has 0 spiro atoms. The highest BCUT2D eigenvalue weighted by molar-refractivity contribution is 5.38. The van der Waals surface area contributed by atoms with E-state index in [-0.39, 0.29) is 0 Å². The summed E-state index contributed by atoms with van der Waals surface area (Å²) < 4.78 is 5.46. The monoisotopic (exact) mass is 247 g/mol. The van der Waals surface area contributed by atoms with Crippen molar-refractivity contribution in [1.29, 1.82) is 0 Å². The maximum absolute atomic E-state index is 9.59. The van der Waals surface area contributed by atoms with Crippen LogP contribution < -0.4 is 0 Å². The molecule has 1 heterocycles. The highest BCUT2D eigenvalue weighted by atomic mass is 16.5. The standard InChI is InChI=1S/C15H21NO2/c1-18-13-7-8-16(10-13)15-4-2-3-11-9-12(17)5-6-14(11)15/h5-6,9,13,15,17H,2-4,7-8,10H2,1H3. The van der Waals surface area contributed by atoms with E-state index in [2.05, 4.69) is 11.0 Å². The Labute approximate surface area is 108 Å². The average Bonchev–Trinajstić information content (AvgIpc) is 2.86. The van der Waals surface area contributed by atoms with Gasteiger partial charge in [-0.05, 0) is 48.9 Å². The largest absolute Gasteiger partial charge is 0.508 e. The molecule has 1 aromatic carbocycles. The zero-order valence-electron chi connectivity index (χ0n) is 10.9. The van der Waals surface area contributed by atoms with Crippen molar-refractivity contribution in [2.24, 2.45) is 0 Å². The number of rotatable bonds is 2. The average molecular weight is 247 g/mol. The van der Waals surface area contributed by atoms with Crippen molar-refractivity contribution in [1.82, 2.24) is 4.90 Å². The zero-order chi connectivity index (χ0) is 12.5. The number of methoxy groups -OCH3 is 1. The molecule has 0 saturated carbocycles. The second kappa shape index (κ2) is 4.90. The molecule has 3 rings (SSSR count). The van der Waals surface area contributed by atoms with Crippen LogP contribution in [0.2, 0.25) is 0 Å². The third kappa shape index (κ3) is 2.13. The van der Waals surface area contributed by atoms with Crippen LogP contribution in [-0.2, 0) is 11.2 Å². The minimum Gasteiger partial charge on any atom is -0.508 e. The predicted octanol–water partition coefficient (Wildman–Crippen LogP) is 2.49. The number of fused-ring (bicyclic) bond motifs is 1. The first-order chi connectivity index (χ1) is 8.78. The fraction of sp³-hybridized carbons (Fsp3) is 0.600. The topological polar surface area (TPSA) is 32.7 Å². The van der Waals surface area contributed by atoms with Gasteiger partial charge in [0.1, 0.15) is 5.75 Å². The van der Waals surface area contributed by atoms with E-state index in [1.54, 1.807) is 7.11 Å². The lowest BCUT2D eigenvalue weighted by Crippen LogP contribution is -2.30. The summed E-state index contributed by atoms with van der Waals surface area (Å²) in [5, 5.41) is 9.59. The van der Waals surface area contributed by atoms with Crippen molar-refractivity contribution in [2.75, 3.05) is 20.2 Å². The van der Waals surface area contributed by atoms with E-state index in [1.807, 2.05) is 12.1 Å². The Morgan fingerprint density at radius 1 is 1.33 bits per heavy atom. The highest BCUT2D eigenvalue weighted by Crippen LogP contribution is 2.37. The fourth-order valence-electron chi connectivity index (χ4n) is 3.38. The Hall–Kier alpha value is -1.06. The van der Waals surface area contributed by atoms with E-state index in [4.69, 9.17) is 4.74 Å². The zero-order valence-corrected chi connectivity index (χ0v) is 10.9. The number of phenols is 1. The predicted molar refractivity (Wildman–Crippen MR) is 70.8 cm³/mol. The molecule has 2 unspecified atom stereocenters. The van der Waals surface area contributed by atoms with Crippen molar-refractivity contribution in [2.45, 2.75) is 37.8 Å². The first-order valence-corrected chi connectivity index (χ1v) is 6.86. The summed E-state index contributed by atoms with van der Waals surface area (Å²) in [6, 6.07) is 6.38. The van der Waals surface area contributed by atoms with E-state index in [0.717, 1.165) is 25.9 Å². The summed E-state index contributed by atoms with van der Waals surface area (Å²) in [6.07, 6.45) is 5.08. The van der Waals surface area contributed by atoms with Crippen LogP contribution in [0.1, 0.15) is 36.4 Å². The molecule has 1 saturated heterocycles. The van der Waals surface area contributed by atoms with Crippen molar-refractivity contribution in [3.8, 4) is 5.75 Å². The minimum absolute atomic E-state index is 0.394.